The fraction of sp³-hybridized carbons (Fsp3) is 0.294. The molecule has 23 heavy (non-hydrogen) atoms. The predicted octanol–water partition coefficient (Wildman–Crippen LogP) is 2.75. The zero-order valence-electron chi connectivity index (χ0n) is 13.4. The molecule has 1 aromatic heterocycles. The Bertz CT molecular complexity index is 748. The fourth-order valence-corrected chi connectivity index (χ4v) is 2.03. The Labute approximate surface area is 135 Å². The molecule has 0 unspecified atom stereocenters. The van der Waals surface area contributed by atoms with E-state index in [1.54, 1.807) is 19.1 Å². The number of benzene rings is 1. The highest BCUT2D eigenvalue weighted by atomic mass is 16.5. The third kappa shape index (κ3) is 3.83. The van der Waals surface area contributed by atoms with Crippen molar-refractivity contribution in [3.63, 3.8) is 0 Å². The lowest BCUT2D eigenvalue weighted by molar-refractivity contribution is 0.0526. The SMILES string of the molecule is CCOC(=O)c1ccc(CNc2nnc(C)c(C)c2C#N)cc1. The minimum atomic E-state index is -0.334. The first kappa shape index (κ1) is 16.4. The topological polar surface area (TPSA) is 87.9 Å². The first-order valence-corrected chi connectivity index (χ1v) is 7.30. The highest BCUT2D eigenvalue weighted by Crippen LogP contribution is 2.18. The average molecular weight is 310 g/mol. The van der Waals surface area contributed by atoms with E-state index in [1.165, 1.54) is 0 Å². The minimum absolute atomic E-state index is 0.334. The molecular weight excluding hydrogens is 292 g/mol. The van der Waals surface area contributed by atoms with Gasteiger partial charge >= 0.3 is 5.97 Å². The molecule has 0 bridgehead atoms. The van der Waals surface area contributed by atoms with E-state index in [-0.39, 0.29) is 5.97 Å². The zero-order chi connectivity index (χ0) is 16.8. The summed E-state index contributed by atoms with van der Waals surface area (Å²) >= 11 is 0. The van der Waals surface area contributed by atoms with E-state index in [1.807, 2.05) is 26.0 Å². The van der Waals surface area contributed by atoms with Gasteiger partial charge in [-0.3, -0.25) is 0 Å². The van der Waals surface area contributed by atoms with Crippen LogP contribution in [0.5, 0.6) is 0 Å². The molecule has 2 aromatic rings. The van der Waals surface area contributed by atoms with Gasteiger partial charge in [-0.25, -0.2) is 4.79 Å². The summed E-state index contributed by atoms with van der Waals surface area (Å²) in [4.78, 5) is 11.6. The van der Waals surface area contributed by atoms with Crippen molar-refractivity contribution in [3.05, 3.63) is 52.2 Å². The lowest BCUT2D eigenvalue weighted by atomic mass is 10.1. The molecule has 0 aliphatic carbocycles. The van der Waals surface area contributed by atoms with E-state index in [0.717, 1.165) is 16.8 Å². The maximum Gasteiger partial charge on any atom is 0.338 e. The van der Waals surface area contributed by atoms with Crippen LogP contribution < -0.4 is 5.32 Å². The quantitative estimate of drug-likeness (QED) is 0.854. The van der Waals surface area contributed by atoms with Crippen LogP contribution in [0.2, 0.25) is 0 Å². The normalized spacial score (nSPS) is 10.0. The predicted molar refractivity (Wildman–Crippen MR) is 85.9 cm³/mol. The molecule has 0 atom stereocenters. The molecule has 1 N–H and O–H groups in total. The Hall–Kier alpha value is -2.94. The van der Waals surface area contributed by atoms with Crippen molar-refractivity contribution in [2.45, 2.75) is 27.3 Å². The van der Waals surface area contributed by atoms with Gasteiger partial charge in [-0.15, -0.1) is 5.10 Å². The fourth-order valence-electron chi connectivity index (χ4n) is 2.03. The molecule has 6 nitrogen and oxygen atoms in total. The van der Waals surface area contributed by atoms with Crippen molar-refractivity contribution in [2.75, 3.05) is 11.9 Å². The maximum absolute atomic E-state index is 11.6. The number of ether oxygens (including phenoxy) is 1. The monoisotopic (exact) mass is 310 g/mol. The van der Waals surface area contributed by atoms with Crippen LogP contribution in [0.25, 0.3) is 0 Å². The van der Waals surface area contributed by atoms with Gasteiger partial charge in [0.05, 0.1) is 17.9 Å². The number of aromatic nitrogens is 2. The van der Waals surface area contributed by atoms with Crippen molar-refractivity contribution < 1.29 is 9.53 Å². The van der Waals surface area contributed by atoms with Crippen LogP contribution in [-0.4, -0.2) is 22.8 Å². The Balaban J connectivity index is 2.09. The molecule has 2 rings (SSSR count). The van der Waals surface area contributed by atoms with Crippen molar-refractivity contribution in [1.29, 1.82) is 5.26 Å². The molecule has 1 heterocycles. The number of esters is 1. The molecule has 0 saturated heterocycles. The smallest absolute Gasteiger partial charge is 0.338 e. The maximum atomic E-state index is 11.6. The van der Waals surface area contributed by atoms with Crippen molar-refractivity contribution >= 4 is 11.8 Å². The largest absolute Gasteiger partial charge is 0.462 e. The molecule has 6 heteroatoms. The van der Waals surface area contributed by atoms with Crippen molar-refractivity contribution in [2.24, 2.45) is 0 Å². The number of hydrogen-bond acceptors (Lipinski definition) is 6. The molecule has 0 aliphatic rings. The first-order valence-electron chi connectivity index (χ1n) is 7.30. The molecule has 0 saturated carbocycles. The van der Waals surface area contributed by atoms with Crippen LogP contribution in [0.15, 0.2) is 24.3 Å². The lowest BCUT2D eigenvalue weighted by Crippen LogP contribution is -2.08. The van der Waals surface area contributed by atoms with Crippen LogP contribution in [0.3, 0.4) is 0 Å². The number of anilines is 1. The summed E-state index contributed by atoms with van der Waals surface area (Å²) in [6.45, 7) is 6.27. The summed E-state index contributed by atoms with van der Waals surface area (Å²) in [7, 11) is 0. The molecule has 118 valence electrons. The van der Waals surface area contributed by atoms with Crippen molar-refractivity contribution in [3.8, 4) is 6.07 Å². The Morgan fingerprint density at radius 2 is 1.96 bits per heavy atom. The van der Waals surface area contributed by atoms with E-state index >= 15 is 0 Å². The van der Waals surface area contributed by atoms with Crippen LogP contribution >= 0.6 is 0 Å². The standard InChI is InChI=1S/C17H18N4O2/c1-4-23-17(22)14-7-5-13(6-8-14)10-19-16-15(9-18)11(2)12(3)20-21-16/h5-8H,4,10H2,1-3H3,(H,19,21). The molecule has 0 fully saturated rings. The molecule has 0 radical (unpaired) electrons. The summed E-state index contributed by atoms with van der Waals surface area (Å²) < 4.78 is 4.94. The summed E-state index contributed by atoms with van der Waals surface area (Å²) in [5.74, 6) is 0.129. The van der Waals surface area contributed by atoms with E-state index in [0.29, 0.717) is 30.1 Å². The van der Waals surface area contributed by atoms with Gasteiger partial charge in [-0.05, 0) is 44.0 Å². The van der Waals surface area contributed by atoms with Gasteiger partial charge in [0.2, 0.25) is 0 Å². The molecule has 0 spiro atoms. The van der Waals surface area contributed by atoms with Gasteiger partial charge < -0.3 is 10.1 Å². The summed E-state index contributed by atoms with van der Waals surface area (Å²) in [6, 6.07) is 9.25. The van der Waals surface area contributed by atoms with Crippen LogP contribution in [0, 0.1) is 25.2 Å². The second-order valence-corrected chi connectivity index (χ2v) is 5.02. The van der Waals surface area contributed by atoms with Crippen molar-refractivity contribution in [1.82, 2.24) is 10.2 Å². The second kappa shape index (κ2) is 7.36. The third-order valence-corrected chi connectivity index (χ3v) is 3.49. The van der Waals surface area contributed by atoms with Crippen LogP contribution in [-0.2, 0) is 11.3 Å². The van der Waals surface area contributed by atoms with Gasteiger partial charge in [0.15, 0.2) is 5.82 Å². The number of nitrogens with zero attached hydrogens (tertiary/aromatic N) is 3. The molecular formula is C17H18N4O2. The molecule has 1 aromatic carbocycles. The zero-order valence-corrected chi connectivity index (χ0v) is 13.4. The minimum Gasteiger partial charge on any atom is -0.462 e. The van der Waals surface area contributed by atoms with Gasteiger partial charge in [0.1, 0.15) is 11.6 Å². The number of nitrogens with one attached hydrogen (secondary N) is 1. The van der Waals surface area contributed by atoms with Gasteiger partial charge in [0, 0.05) is 6.54 Å². The van der Waals surface area contributed by atoms with Crippen LogP contribution in [0.4, 0.5) is 5.82 Å². The number of carbonyl (C=O) groups is 1. The average Bonchev–Trinajstić information content (AvgIpc) is 2.56. The number of carbonyl (C=O) groups excluding carboxylic acids is 1. The van der Waals surface area contributed by atoms with E-state index in [2.05, 4.69) is 21.6 Å². The number of hydrogen-bond donors (Lipinski definition) is 1. The van der Waals surface area contributed by atoms with E-state index in [4.69, 9.17) is 4.74 Å². The number of rotatable bonds is 5. The summed E-state index contributed by atoms with van der Waals surface area (Å²) in [5, 5.41) is 20.4. The second-order valence-electron chi connectivity index (χ2n) is 5.02. The molecule has 0 aliphatic heterocycles. The van der Waals surface area contributed by atoms with E-state index < -0.39 is 0 Å². The van der Waals surface area contributed by atoms with Gasteiger partial charge in [-0.1, -0.05) is 12.1 Å². The highest BCUT2D eigenvalue weighted by Gasteiger charge is 2.11. The Morgan fingerprint density at radius 3 is 2.57 bits per heavy atom. The highest BCUT2D eigenvalue weighted by molar-refractivity contribution is 5.89. The van der Waals surface area contributed by atoms with Crippen LogP contribution in [0.1, 0.15) is 39.7 Å². The third-order valence-electron chi connectivity index (χ3n) is 3.49. The first-order chi connectivity index (χ1) is 11.1. The summed E-state index contributed by atoms with van der Waals surface area (Å²) in [5.41, 5.74) is 3.54. The number of aryl methyl sites for hydroxylation is 1. The van der Waals surface area contributed by atoms with Gasteiger partial charge in [-0.2, -0.15) is 10.4 Å². The Kier molecular flexibility index (Phi) is 5.26. The van der Waals surface area contributed by atoms with E-state index in [9.17, 15) is 10.1 Å². The lowest BCUT2D eigenvalue weighted by Gasteiger charge is -2.10. The molecule has 0 amide bonds. The van der Waals surface area contributed by atoms with Gasteiger partial charge in [0.25, 0.3) is 0 Å². The Morgan fingerprint density at radius 1 is 1.26 bits per heavy atom. The number of nitriles is 1. The summed E-state index contributed by atoms with van der Waals surface area (Å²) in [6.07, 6.45) is 0.